The SMILES string of the molecule is NC(=O)On1c(=O)ccn(S)c1=O. The quantitative estimate of drug-likeness (QED) is 0.527. The number of hydrogen-bond acceptors (Lipinski definition) is 5. The van der Waals surface area contributed by atoms with Gasteiger partial charge >= 0.3 is 11.8 Å². The lowest BCUT2D eigenvalue weighted by molar-refractivity contribution is 0.131. The number of hydrogen-bond donors (Lipinski definition) is 2. The van der Waals surface area contributed by atoms with Crippen LogP contribution in [-0.2, 0) is 0 Å². The molecule has 0 unspecified atom stereocenters. The Morgan fingerprint density at radius 1 is 1.54 bits per heavy atom. The second-order valence-corrected chi connectivity index (χ2v) is 2.42. The van der Waals surface area contributed by atoms with E-state index >= 15 is 0 Å². The predicted molar refractivity (Wildman–Crippen MR) is 45.5 cm³/mol. The molecule has 1 heterocycles. The van der Waals surface area contributed by atoms with Crippen molar-refractivity contribution in [2.45, 2.75) is 0 Å². The first-order valence-electron chi connectivity index (χ1n) is 3.04. The fraction of sp³-hybridized carbons (Fsp3) is 0. The maximum absolute atomic E-state index is 11.0. The van der Waals surface area contributed by atoms with Crippen molar-refractivity contribution in [3.63, 3.8) is 0 Å². The number of thiol groups is 1. The van der Waals surface area contributed by atoms with Crippen LogP contribution in [0.2, 0.25) is 0 Å². The van der Waals surface area contributed by atoms with E-state index in [1.54, 1.807) is 0 Å². The van der Waals surface area contributed by atoms with Gasteiger partial charge in [-0.3, -0.25) is 4.79 Å². The van der Waals surface area contributed by atoms with E-state index in [2.05, 4.69) is 23.4 Å². The average Bonchev–Trinajstić information content (AvgIpc) is 2.05. The van der Waals surface area contributed by atoms with E-state index in [0.29, 0.717) is 0 Å². The van der Waals surface area contributed by atoms with E-state index in [1.165, 1.54) is 0 Å². The smallest absolute Gasteiger partial charge is 0.333 e. The fourth-order valence-corrected chi connectivity index (χ4v) is 0.775. The van der Waals surface area contributed by atoms with Crippen LogP contribution >= 0.6 is 12.8 Å². The minimum Gasteiger partial charge on any atom is -0.333 e. The topological polar surface area (TPSA) is 96.3 Å². The molecule has 0 aliphatic rings. The number of aromatic nitrogens is 2. The van der Waals surface area contributed by atoms with Crippen LogP contribution in [-0.4, -0.2) is 14.8 Å². The summed E-state index contributed by atoms with van der Waals surface area (Å²) in [5.74, 6) is 0. The molecule has 0 bridgehead atoms. The predicted octanol–water partition coefficient (Wildman–Crippen LogP) is -1.79. The number of amides is 1. The molecule has 0 aliphatic heterocycles. The molecule has 1 aromatic rings. The number of rotatable bonds is 1. The Kier molecular flexibility index (Phi) is 2.42. The van der Waals surface area contributed by atoms with Gasteiger partial charge in [-0.1, -0.05) is 17.5 Å². The first kappa shape index (κ1) is 9.39. The van der Waals surface area contributed by atoms with Crippen molar-refractivity contribution in [3.05, 3.63) is 33.1 Å². The summed E-state index contributed by atoms with van der Waals surface area (Å²) in [7, 11) is 0. The summed E-state index contributed by atoms with van der Waals surface area (Å²) in [6.07, 6.45) is -0.131. The van der Waals surface area contributed by atoms with Gasteiger partial charge in [-0.05, 0) is 0 Å². The minimum absolute atomic E-state index is 0.204. The molecule has 0 radical (unpaired) electrons. The van der Waals surface area contributed by atoms with Crippen molar-refractivity contribution < 1.29 is 9.63 Å². The van der Waals surface area contributed by atoms with E-state index < -0.39 is 17.3 Å². The summed E-state index contributed by atoms with van der Waals surface area (Å²) >= 11 is 3.65. The minimum atomic E-state index is -1.25. The summed E-state index contributed by atoms with van der Waals surface area (Å²) in [4.78, 5) is 36.3. The Morgan fingerprint density at radius 3 is 2.69 bits per heavy atom. The third-order valence-corrected chi connectivity index (χ3v) is 1.41. The molecule has 0 saturated carbocycles. The lowest BCUT2D eigenvalue weighted by atomic mass is 10.7. The van der Waals surface area contributed by atoms with Gasteiger partial charge in [0.1, 0.15) is 0 Å². The highest BCUT2D eigenvalue weighted by atomic mass is 32.1. The van der Waals surface area contributed by atoms with Gasteiger partial charge in [0.2, 0.25) is 0 Å². The van der Waals surface area contributed by atoms with Crippen LogP contribution in [0.5, 0.6) is 0 Å². The largest absolute Gasteiger partial charge is 0.429 e. The molecular weight excluding hydrogens is 198 g/mol. The molecule has 70 valence electrons. The first-order valence-corrected chi connectivity index (χ1v) is 3.44. The van der Waals surface area contributed by atoms with Crippen molar-refractivity contribution in [1.29, 1.82) is 0 Å². The van der Waals surface area contributed by atoms with E-state index in [0.717, 1.165) is 16.2 Å². The van der Waals surface area contributed by atoms with E-state index in [1.807, 2.05) is 0 Å². The number of carbonyl (C=O) groups excluding carboxylic acids is 1. The number of primary amides is 1. The fourth-order valence-electron chi connectivity index (χ4n) is 0.627. The van der Waals surface area contributed by atoms with Crippen molar-refractivity contribution >= 4 is 18.9 Å². The number of nitrogens with two attached hydrogens (primary N) is 1. The summed E-state index contributed by atoms with van der Waals surface area (Å²) in [5, 5.41) is 0. The molecule has 0 spiro atoms. The van der Waals surface area contributed by atoms with Crippen molar-refractivity contribution in [3.8, 4) is 0 Å². The van der Waals surface area contributed by atoms with Crippen molar-refractivity contribution in [1.82, 2.24) is 8.70 Å². The normalized spacial score (nSPS) is 9.62. The van der Waals surface area contributed by atoms with Crippen LogP contribution in [0.3, 0.4) is 0 Å². The third kappa shape index (κ3) is 1.90. The van der Waals surface area contributed by atoms with Crippen LogP contribution in [0.1, 0.15) is 0 Å². The average molecular weight is 203 g/mol. The van der Waals surface area contributed by atoms with Gasteiger partial charge in [-0.25, -0.2) is 13.6 Å². The third-order valence-electron chi connectivity index (χ3n) is 1.11. The standard InChI is InChI=1S/C5H5N3O4S/c6-4(10)12-8-3(9)1-2-7(13)5(8)11/h1-2,13H,(H2,6,10). The van der Waals surface area contributed by atoms with Gasteiger partial charge in [0, 0.05) is 12.3 Å². The molecule has 2 N–H and O–H groups in total. The van der Waals surface area contributed by atoms with Crippen molar-refractivity contribution in [2.75, 3.05) is 0 Å². The molecule has 0 aliphatic carbocycles. The maximum Gasteiger partial charge on any atom is 0.429 e. The summed E-state index contributed by atoms with van der Waals surface area (Å²) in [6.45, 7) is 0. The van der Waals surface area contributed by atoms with Gasteiger partial charge in [-0.2, -0.15) is 0 Å². The van der Waals surface area contributed by atoms with E-state index in [4.69, 9.17) is 0 Å². The molecule has 0 fully saturated rings. The highest BCUT2D eigenvalue weighted by molar-refractivity contribution is 7.78. The Bertz CT molecular complexity index is 448. The number of nitrogens with zero attached hydrogens (tertiary/aromatic N) is 2. The Balaban J connectivity index is 3.35. The highest BCUT2D eigenvalue weighted by Gasteiger charge is 2.06. The van der Waals surface area contributed by atoms with Gasteiger partial charge in [-0.15, -0.1) is 0 Å². The molecular formula is C5H5N3O4S. The van der Waals surface area contributed by atoms with Crippen LogP contribution in [0, 0.1) is 0 Å². The number of carbonyl (C=O) groups is 1. The second kappa shape index (κ2) is 3.35. The van der Waals surface area contributed by atoms with E-state index in [9.17, 15) is 14.4 Å². The summed E-state index contributed by atoms with van der Waals surface area (Å²) in [6, 6.07) is 0.997. The summed E-state index contributed by atoms with van der Waals surface area (Å²) in [5.41, 5.74) is 2.91. The zero-order valence-corrected chi connectivity index (χ0v) is 7.10. The van der Waals surface area contributed by atoms with Gasteiger partial charge in [0.15, 0.2) is 0 Å². The Hall–Kier alpha value is -1.70. The zero-order chi connectivity index (χ0) is 10.0. The second-order valence-electron chi connectivity index (χ2n) is 1.99. The molecule has 7 nitrogen and oxygen atoms in total. The van der Waals surface area contributed by atoms with E-state index in [-0.39, 0.29) is 4.73 Å². The highest BCUT2D eigenvalue weighted by Crippen LogP contribution is 1.77. The molecule has 0 atom stereocenters. The Labute approximate surface area is 76.8 Å². The van der Waals surface area contributed by atoms with Crippen LogP contribution in [0.25, 0.3) is 0 Å². The van der Waals surface area contributed by atoms with Crippen LogP contribution in [0.4, 0.5) is 4.79 Å². The van der Waals surface area contributed by atoms with Gasteiger partial charge in [0.25, 0.3) is 5.56 Å². The molecule has 1 rings (SSSR count). The lowest BCUT2D eigenvalue weighted by Gasteiger charge is -2.02. The molecule has 0 saturated heterocycles. The molecule has 8 heteroatoms. The summed E-state index contributed by atoms with van der Waals surface area (Å²) < 4.78 is 0.972. The zero-order valence-electron chi connectivity index (χ0n) is 6.21. The van der Waals surface area contributed by atoms with Crippen molar-refractivity contribution in [2.24, 2.45) is 5.73 Å². The maximum atomic E-state index is 11.0. The van der Waals surface area contributed by atoms with Crippen LogP contribution in [0.15, 0.2) is 21.9 Å². The van der Waals surface area contributed by atoms with Gasteiger partial charge in [0.05, 0.1) is 0 Å². The van der Waals surface area contributed by atoms with Crippen LogP contribution < -0.4 is 21.8 Å². The molecule has 1 amide bonds. The van der Waals surface area contributed by atoms with Gasteiger partial charge < -0.3 is 10.6 Å². The monoisotopic (exact) mass is 203 g/mol. The first-order chi connectivity index (χ1) is 6.02. The molecule has 1 aromatic heterocycles. The molecule has 13 heavy (non-hydrogen) atoms. The lowest BCUT2D eigenvalue weighted by Crippen LogP contribution is -2.44. The molecule has 0 aromatic carbocycles. The Morgan fingerprint density at radius 2 is 2.15 bits per heavy atom.